The SMILES string of the molecule is N#Cc1cc(I)c(OCC(O)CO)c([N+](=O)[O-])c1. The fourth-order valence-electron chi connectivity index (χ4n) is 1.15. The molecule has 0 aliphatic carbocycles. The van der Waals surface area contributed by atoms with Crippen LogP contribution in [0.1, 0.15) is 5.56 Å². The normalized spacial score (nSPS) is 11.7. The second-order valence-corrected chi connectivity index (χ2v) is 4.48. The molecule has 1 rings (SSSR count). The number of nitro benzene ring substituents is 1. The molecular formula is C10H9IN2O5. The van der Waals surface area contributed by atoms with Gasteiger partial charge in [0.15, 0.2) is 0 Å². The van der Waals surface area contributed by atoms with Crippen LogP contribution in [0.5, 0.6) is 5.75 Å². The molecule has 0 heterocycles. The van der Waals surface area contributed by atoms with Gasteiger partial charge in [0.1, 0.15) is 12.7 Å². The molecule has 1 aromatic carbocycles. The molecule has 0 fully saturated rings. The number of benzene rings is 1. The molecule has 0 saturated carbocycles. The third-order valence-electron chi connectivity index (χ3n) is 1.98. The average molecular weight is 364 g/mol. The summed E-state index contributed by atoms with van der Waals surface area (Å²) in [6, 6.07) is 4.35. The summed E-state index contributed by atoms with van der Waals surface area (Å²) >= 11 is 1.80. The molecule has 18 heavy (non-hydrogen) atoms. The zero-order valence-corrected chi connectivity index (χ0v) is 11.2. The highest BCUT2D eigenvalue weighted by molar-refractivity contribution is 14.1. The van der Waals surface area contributed by atoms with Crippen molar-refractivity contribution >= 4 is 28.3 Å². The first-order valence-electron chi connectivity index (χ1n) is 4.79. The zero-order valence-electron chi connectivity index (χ0n) is 9.04. The molecular weight excluding hydrogens is 355 g/mol. The van der Waals surface area contributed by atoms with Gasteiger partial charge in [0.2, 0.25) is 5.75 Å². The Morgan fingerprint density at radius 2 is 2.28 bits per heavy atom. The molecule has 0 aromatic heterocycles. The molecule has 7 nitrogen and oxygen atoms in total. The Balaban J connectivity index is 3.09. The fourth-order valence-corrected chi connectivity index (χ4v) is 1.92. The Morgan fingerprint density at radius 3 is 2.78 bits per heavy atom. The van der Waals surface area contributed by atoms with E-state index in [9.17, 15) is 10.1 Å². The van der Waals surface area contributed by atoms with E-state index in [2.05, 4.69) is 0 Å². The third kappa shape index (κ3) is 3.52. The number of nitro groups is 1. The summed E-state index contributed by atoms with van der Waals surface area (Å²) in [6.07, 6.45) is -1.11. The number of nitrogens with zero attached hydrogens (tertiary/aromatic N) is 2. The minimum absolute atomic E-state index is 0.0212. The van der Waals surface area contributed by atoms with Crippen molar-refractivity contribution in [1.29, 1.82) is 5.26 Å². The van der Waals surface area contributed by atoms with Gasteiger partial charge in [-0.1, -0.05) is 0 Å². The van der Waals surface area contributed by atoms with Crippen LogP contribution in [0.3, 0.4) is 0 Å². The number of aliphatic hydroxyl groups excluding tert-OH is 2. The van der Waals surface area contributed by atoms with Crippen LogP contribution in [0.25, 0.3) is 0 Å². The average Bonchev–Trinajstić information content (AvgIpc) is 2.35. The minimum atomic E-state index is -1.11. The van der Waals surface area contributed by atoms with Gasteiger partial charge in [-0.05, 0) is 28.7 Å². The molecule has 0 spiro atoms. The van der Waals surface area contributed by atoms with Crippen molar-refractivity contribution in [2.24, 2.45) is 0 Å². The first-order chi connectivity index (χ1) is 8.49. The van der Waals surface area contributed by atoms with E-state index in [-0.39, 0.29) is 23.6 Å². The second kappa shape index (κ2) is 6.48. The molecule has 96 valence electrons. The van der Waals surface area contributed by atoms with Gasteiger partial charge in [-0.2, -0.15) is 5.26 Å². The predicted molar refractivity (Wildman–Crippen MR) is 69.1 cm³/mol. The van der Waals surface area contributed by atoms with Gasteiger partial charge in [0, 0.05) is 6.07 Å². The van der Waals surface area contributed by atoms with E-state index in [0.717, 1.165) is 6.07 Å². The standard InChI is InChI=1S/C10H9IN2O5/c11-8-1-6(3-12)2-9(13(16)17)10(8)18-5-7(15)4-14/h1-2,7,14-15H,4-5H2. The highest BCUT2D eigenvalue weighted by atomic mass is 127. The predicted octanol–water partition coefficient (Wildman–Crippen LogP) is 0.803. The maximum Gasteiger partial charge on any atom is 0.313 e. The first kappa shape index (κ1) is 14.6. The van der Waals surface area contributed by atoms with Gasteiger partial charge >= 0.3 is 5.69 Å². The van der Waals surface area contributed by atoms with Crippen LogP contribution in [0.4, 0.5) is 5.69 Å². The number of aliphatic hydroxyl groups is 2. The molecule has 2 N–H and O–H groups in total. The molecule has 8 heteroatoms. The van der Waals surface area contributed by atoms with Crippen molar-refractivity contribution in [3.63, 3.8) is 0 Å². The van der Waals surface area contributed by atoms with Crippen LogP contribution >= 0.6 is 22.6 Å². The summed E-state index contributed by atoms with van der Waals surface area (Å²) < 4.78 is 5.50. The monoisotopic (exact) mass is 364 g/mol. The van der Waals surface area contributed by atoms with Crippen LogP contribution in [-0.2, 0) is 0 Å². The van der Waals surface area contributed by atoms with E-state index < -0.39 is 17.6 Å². The third-order valence-corrected chi connectivity index (χ3v) is 2.78. The molecule has 0 bridgehead atoms. The lowest BCUT2D eigenvalue weighted by Gasteiger charge is -2.11. The van der Waals surface area contributed by atoms with E-state index >= 15 is 0 Å². The Kier molecular flexibility index (Phi) is 5.26. The number of hydrogen-bond donors (Lipinski definition) is 2. The van der Waals surface area contributed by atoms with Crippen LogP contribution in [0.15, 0.2) is 12.1 Å². The number of ether oxygens (including phenoxy) is 1. The van der Waals surface area contributed by atoms with E-state index in [1.54, 1.807) is 22.6 Å². The number of hydrogen-bond acceptors (Lipinski definition) is 6. The molecule has 0 saturated heterocycles. The van der Waals surface area contributed by atoms with Crippen molar-refractivity contribution < 1.29 is 19.9 Å². The maximum absolute atomic E-state index is 10.9. The van der Waals surface area contributed by atoms with Crippen LogP contribution in [0, 0.1) is 25.0 Å². The second-order valence-electron chi connectivity index (χ2n) is 3.32. The van der Waals surface area contributed by atoms with E-state index in [1.165, 1.54) is 6.07 Å². The largest absolute Gasteiger partial charge is 0.483 e. The van der Waals surface area contributed by atoms with Crippen molar-refractivity contribution in [3.05, 3.63) is 31.4 Å². The quantitative estimate of drug-likeness (QED) is 0.454. The lowest BCUT2D eigenvalue weighted by molar-refractivity contribution is -0.386. The zero-order chi connectivity index (χ0) is 13.7. The molecule has 0 aliphatic heterocycles. The van der Waals surface area contributed by atoms with Crippen LogP contribution < -0.4 is 4.74 Å². The van der Waals surface area contributed by atoms with Crippen molar-refractivity contribution in [2.45, 2.75) is 6.10 Å². The van der Waals surface area contributed by atoms with E-state index in [1.807, 2.05) is 6.07 Å². The Labute approximate surface area is 116 Å². The van der Waals surface area contributed by atoms with Gasteiger partial charge in [0.25, 0.3) is 0 Å². The molecule has 0 aliphatic rings. The summed E-state index contributed by atoms with van der Waals surface area (Å²) in [5, 5.41) is 37.4. The Morgan fingerprint density at radius 1 is 1.61 bits per heavy atom. The minimum Gasteiger partial charge on any atom is -0.483 e. The van der Waals surface area contributed by atoms with Gasteiger partial charge in [0.05, 0.1) is 26.7 Å². The van der Waals surface area contributed by atoms with E-state index in [0.29, 0.717) is 3.57 Å². The van der Waals surface area contributed by atoms with Crippen LogP contribution in [0.2, 0.25) is 0 Å². The van der Waals surface area contributed by atoms with Gasteiger partial charge in [-0.25, -0.2) is 0 Å². The molecule has 1 unspecified atom stereocenters. The highest BCUT2D eigenvalue weighted by Gasteiger charge is 2.21. The smallest absolute Gasteiger partial charge is 0.313 e. The maximum atomic E-state index is 10.9. The summed E-state index contributed by atoms with van der Waals surface area (Å²) in [5.41, 5.74) is -0.190. The molecule has 1 atom stereocenters. The van der Waals surface area contributed by atoms with Gasteiger partial charge in [-0.3, -0.25) is 10.1 Å². The Hall–Kier alpha value is -1.44. The highest BCUT2D eigenvalue weighted by Crippen LogP contribution is 2.33. The van der Waals surface area contributed by atoms with Crippen molar-refractivity contribution in [3.8, 4) is 11.8 Å². The number of halogens is 1. The van der Waals surface area contributed by atoms with Crippen LogP contribution in [-0.4, -0.2) is 34.5 Å². The summed E-state index contributed by atoms with van der Waals surface area (Å²) in [4.78, 5) is 10.2. The van der Waals surface area contributed by atoms with Gasteiger partial charge < -0.3 is 14.9 Å². The van der Waals surface area contributed by atoms with E-state index in [4.69, 9.17) is 20.2 Å². The summed E-state index contributed by atoms with van der Waals surface area (Å²) in [6.45, 7) is -0.764. The molecule has 0 amide bonds. The van der Waals surface area contributed by atoms with Crippen molar-refractivity contribution in [2.75, 3.05) is 13.2 Å². The number of rotatable bonds is 5. The number of nitriles is 1. The van der Waals surface area contributed by atoms with Gasteiger partial charge in [-0.15, -0.1) is 0 Å². The van der Waals surface area contributed by atoms with Crippen molar-refractivity contribution in [1.82, 2.24) is 0 Å². The molecule has 0 radical (unpaired) electrons. The summed E-state index contributed by atoms with van der Waals surface area (Å²) in [7, 11) is 0. The Bertz CT molecular complexity index is 500. The lowest BCUT2D eigenvalue weighted by Crippen LogP contribution is -2.21. The summed E-state index contributed by atoms with van der Waals surface area (Å²) in [5.74, 6) is -0.0212. The lowest BCUT2D eigenvalue weighted by atomic mass is 10.2. The fraction of sp³-hybridized carbons (Fsp3) is 0.300. The first-order valence-corrected chi connectivity index (χ1v) is 5.87. The topological polar surface area (TPSA) is 117 Å². The molecule has 1 aromatic rings.